The van der Waals surface area contributed by atoms with Gasteiger partial charge in [0, 0.05) is 30.8 Å². The van der Waals surface area contributed by atoms with Crippen LogP contribution in [-0.4, -0.2) is 26.1 Å². The molecule has 1 aliphatic rings. The molecule has 0 saturated carbocycles. The van der Waals surface area contributed by atoms with E-state index in [4.69, 9.17) is 12.2 Å². The van der Waals surface area contributed by atoms with Crippen molar-refractivity contribution in [3.8, 4) is 5.69 Å². The van der Waals surface area contributed by atoms with Crippen LogP contribution < -0.4 is 5.32 Å². The molecule has 5 heteroatoms. The number of pyridine rings is 1. The average molecular weight is 363 g/mol. The summed E-state index contributed by atoms with van der Waals surface area (Å²) in [4.78, 5) is 6.87. The van der Waals surface area contributed by atoms with Crippen LogP contribution in [0.1, 0.15) is 36.7 Å². The smallest absolute Gasteiger partial charge is 0.170 e. The van der Waals surface area contributed by atoms with Crippen molar-refractivity contribution in [3.63, 3.8) is 0 Å². The summed E-state index contributed by atoms with van der Waals surface area (Å²) in [7, 11) is 0. The Kier molecular flexibility index (Phi) is 4.71. The van der Waals surface area contributed by atoms with Crippen LogP contribution in [0.15, 0.2) is 73.2 Å². The van der Waals surface area contributed by atoms with Crippen LogP contribution in [0.25, 0.3) is 5.69 Å². The summed E-state index contributed by atoms with van der Waals surface area (Å²) in [6.45, 7) is 3.11. The first kappa shape index (κ1) is 16.8. The number of hydrogen-bond acceptors (Lipinski definition) is 2. The Morgan fingerprint density at radius 3 is 2.62 bits per heavy atom. The van der Waals surface area contributed by atoms with E-state index >= 15 is 0 Å². The zero-order chi connectivity index (χ0) is 17.9. The second-order valence-corrected chi connectivity index (χ2v) is 6.89. The maximum Gasteiger partial charge on any atom is 0.170 e. The van der Waals surface area contributed by atoms with E-state index in [1.165, 1.54) is 5.56 Å². The molecule has 26 heavy (non-hydrogen) atoms. The van der Waals surface area contributed by atoms with E-state index in [9.17, 15) is 0 Å². The number of thiocarbonyl (C=S) groups is 1. The van der Waals surface area contributed by atoms with Crippen LogP contribution in [0.4, 0.5) is 0 Å². The maximum absolute atomic E-state index is 5.64. The molecule has 4 nitrogen and oxygen atoms in total. The van der Waals surface area contributed by atoms with Gasteiger partial charge in [-0.3, -0.25) is 4.98 Å². The van der Waals surface area contributed by atoms with Gasteiger partial charge in [-0.05, 0) is 54.5 Å². The normalized spacial score (nSPS) is 19.6. The monoisotopic (exact) mass is 362 g/mol. The molecule has 0 bridgehead atoms. The van der Waals surface area contributed by atoms with E-state index in [0.717, 1.165) is 29.5 Å². The lowest BCUT2D eigenvalue weighted by atomic mass is 9.99. The molecular weight excluding hydrogens is 340 g/mol. The Morgan fingerprint density at radius 1 is 1.08 bits per heavy atom. The predicted molar refractivity (Wildman–Crippen MR) is 108 cm³/mol. The van der Waals surface area contributed by atoms with Gasteiger partial charge in [0.1, 0.15) is 0 Å². The van der Waals surface area contributed by atoms with Gasteiger partial charge in [-0.2, -0.15) is 0 Å². The fraction of sp³-hybridized carbons (Fsp3) is 0.238. The molecule has 0 unspecified atom stereocenters. The number of rotatable bonds is 5. The molecule has 3 aromatic rings. The van der Waals surface area contributed by atoms with Gasteiger partial charge < -0.3 is 14.8 Å². The molecule has 0 aliphatic carbocycles. The molecule has 132 valence electrons. The molecule has 1 aromatic carbocycles. The second kappa shape index (κ2) is 7.30. The Hall–Kier alpha value is -2.66. The Morgan fingerprint density at radius 2 is 1.88 bits per heavy atom. The Labute approximate surface area is 159 Å². The Bertz CT molecular complexity index is 875. The van der Waals surface area contributed by atoms with E-state index in [0.29, 0.717) is 0 Å². The lowest BCUT2D eigenvalue weighted by Gasteiger charge is -2.26. The van der Waals surface area contributed by atoms with Crippen LogP contribution in [-0.2, 0) is 0 Å². The predicted octanol–water partition coefficient (Wildman–Crippen LogP) is 4.25. The molecule has 2 aromatic heterocycles. The number of aromatic nitrogens is 2. The van der Waals surface area contributed by atoms with Crippen molar-refractivity contribution in [3.05, 3.63) is 84.4 Å². The maximum atomic E-state index is 5.64. The van der Waals surface area contributed by atoms with Crippen molar-refractivity contribution in [2.45, 2.75) is 25.4 Å². The van der Waals surface area contributed by atoms with Gasteiger partial charge in [0.15, 0.2) is 5.11 Å². The van der Waals surface area contributed by atoms with Gasteiger partial charge in [-0.1, -0.05) is 31.2 Å². The minimum atomic E-state index is 0.0573. The third-order valence-electron chi connectivity index (χ3n) is 4.77. The summed E-state index contributed by atoms with van der Waals surface area (Å²) in [5, 5.41) is 4.29. The molecule has 1 aliphatic heterocycles. The molecule has 0 spiro atoms. The molecular formula is C21H22N4S. The fourth-order valence-corrected chi connectivity index (χ4v) is 3.93. The summed E-state index contributed by atoms with van der Waals surface area (Å²) in [6, 6.07) is 18.8. The van der Waals surface area contributed by atoms with Crippen molar-refractivity contribution in [2.75, 3.05) is 6.54 Å². The van der Waals surface area contributed by atoms with Crippen LogP contribution in [0.5, 0.6) is 0 Å². The summed E-state index contributed by atoms with van der Waals surface area (Å²) >= 11 is 5.64. The molecule has 4 rings (SSSR count). The summed E-state index contributed by atoms with van der Waals surface area (Å²) in [5.74, 6) is 0. The lowest BCUT2D eigenvalue weighted by molar-refractivity contribution is 0.318. The molecule has 3 heterocycles. The van der Waals surface area contributed by atoms with Crippen molar-refractivity contribution in [2.24, 2.45) is 0 Å². The van der Waals surface area contributed by atoms with Crippen LogP contribution >= 0.6 is 12.2 Å². The van der Waals surface area contributed by atoms with E-state index in [2.05, 4.69) is 75.5 Å². The highest BCUT2D eigenvalue weighted by Crippen LogP contribution is 2.38. The van der Waals surface area contributed by atoms with Gasteiger partial charge >= 0.3 is 0 Å². The fourth-order valence-electron chi connectivity index (χ4n) is 3.60. The number of nitrogens with zero attached hydrogens (tertiary/aromatic N) is 3. The van der Waals surface area contributed by atoms with Crippen LogP contribution in [0.3, 0.4) is 0 Å². The quantitative estimate of drug-likeness (QED) is 0.688. The minimum Gasteiger partial charge on any atom is -0.352 e. The minimum absolute atomic E-state index is 0.0573. The topological polar surface area (TPSA) is 33.1 Å². The van der Waals surface area contributed by atoms with Gasteiger partial charge in [-0.15, -0.1) is 0 Å². The highest BCUT2D eigenvalue weighted by molar-refractivity contribution is 7.80. The highest BCUT2D eigenvalue weighted by Gasteiger charge is 2.39. The summed E-state index contributed by atoms with van der Waals surface area (Å²) in [5.41, 5.74) is 3.42. The largest absolute Gasteiger partial charge is 0.352 e. The third kappa shape index (κ3) is 3.10. The molecule has 0 radical (unpaired) electrons. The zero-order valence-electron chi connectivity index (χ0n) is 14.7. The van der Waals surface area contributed by atoms with Crippen molar-refractivity contribution in [1.82, 2.24) is 19.8 Å². The first-order valence-corrected chi connectivity index (χ1v) is 9.40. The summed E-state index contributed by atoms with van der Waals surface area (Å²) < 4.78 is 2.16. The molecule has 1 fully saturated rings. The first-order valence-electron chi connectivity index (χ1n) is 8.99. The standard InChI is InChI=1S/C21H22N4S/c1-2-13-25-20(19(23-21(25)26)18-10-6-7-12-22-18)16-11-14-24(15-16)17-8-4-3-5-9-17/h3-12,14-15,19-20H,2,13H2,1H3,(H,23,26)/t19-,20+/m0/s1. The van der Waals surface area contributed by atoms with Crippen molar-refractivity contribution in [1.29, 1.82) is 0 Å². The van der Waals surface area contributed by atoms with Gasteiger partial charge in [0.25, 0.3) is 0 Å². The van der Waals surface area contributed by atoms with Gasteiger partial charge in [0.2, 0.25) is 0 Å². The van der Waals surface area contributed by atoms with E-state index in [1.807, 2.05) is 24.4 Å². The second-order valence-electron chi connectivity index (χ2n) is 6.51. The Balaban J connectivity index is 1.72. The van der Waals surface area contributed by atoms with Crippen molar-refractivity contribution >= 4 is 17.3 Å². The third-order valence-corrected chi connectivity index (χ3v) is 5.13. The lowest BCUT2D eigenvalue weighted by Crippen LogP contribution is -2.30. The van der Waals surface area contributed by atoms with Crippen LogP contribution in [0.2, 0.25) is 0 Å². The molecule has 1 saturated heterocycles. The number of benzene rings is 1. The first-order chi connectivity index (χ1) is 12.8. The summed E-state index contributed by atoms with van der Waals surface area (Å²) in [6.07, 6.45) is 7.21. The highest BCUT2D eigenvalue weighted by atomic mass is 32.1. The van der Waals surface area contributed by atoms with E-state index in [-0.39, 0.29) is 12.1 Å². The molecule has 0 amide bonds. The van der Waals surface area contributed by atoms with Gasteiger partial charge in [-0.25, -0.2) is 0 Å². The number of hydrogen-bond donors (Lipinski definition) is 1. The van der Waals surface area contributed by atoms with E-state index < -0.39 is 0 Å². The van der Waals surface area contributed by atoms with E-state index in [1.54, 1.807) is 0 Å². The zero-order valence-corrected chi connectivity index (χ0v) is 15.6. The van der Waals surface area contributed by atoms with Gasteiger partial charge in [0.05, 0.1) is 17.8 Å². The SMILES string of the molecule is CCCN1C(=S)N[C@@H](c2ccccn2)[C@H]1c1ccn(-c2ccccc2)c1. The molecule has 1 N–H and O–H groups in total. The average Bonchev–Trinajstić information content (AvgIpc) is 3.29. The van der Waals surface area contributed by atoms with Crippen LogP contribution in [0, 0.1) is 0 Å². The number of nitrogens with one attached hydrogen (secondary N) is 1. The number of para-hydroxylation sites is 1. The molecule has 2 atom stereocenters. The van der Waals surface area contributed by atoms with Crippen molar-refractivity contribution < 1.29 is 0 Å².